The van der Waals surface area contributed by atoms with E-state index in [1.54, 1.807) is 0 Å². The highest BCUT2D eigenvalue weighted by molar-refractivity contribution is 9.11. The molecule has 0 saturated carbocycles. The van der Waals surface area contributed by atoms with Crippen LogP contribution in [-0.4, -0.2) is 11.4 Å². The summed E-state index contributed by atoms with van der Waals surface area (Å²) in [7, 11) is 0. The van der Waals surface area contributed by atoms with E-state index in [2.05, 4.69) is 68.8 Å². The topological polar surface area (TPSA) is 38.4 Å². The molecule has 110 valence electrons. The van der Waals surface area contributed by atoms with Gasteiger partial charge >= 0.3 is 0 Å². The van der Waals surface area contributed by atoms with E-state index < -0.39 is 0 Å². The van der Waals surface area contributed by atoms with Gasteiger partial charge in [-0.15, -0.1) is 0 Å². The summed E-state index contributed by atoms with van der Waals surface area (Å²) in [6.45, 7) is 0.350. The third-order valence-corrected chi connectivity index (χ3v) is 5.19. The van der Waals surface area contributed by atoms with Crippen molar-refractivity contribution in [2.45, 2.75) is 4.83 Å². The quantitative estimate of drug-likeness (QED) is 0.184. The van der Waals surface area contributed by atoms with Crippen LogP contribution in [0.3, 0.4) is 0 Å². The minimum absolute atomic E-state index is 0.00292. The maximum Gasteiger partial charge on any atom is 0.272 e. The number of benzene rings is 2. The van der Waals surface area contributed by atoms with Crippen LogP contribution in [0.25, 0.3) is 0 Å². The second-order valence-corrected chi connectivity index (χ2v) is 7.92. The summed E-state index contributed by atoms with van der Waals surface area (Å²) >= 11 is 13.7. The van der Waals surface area contributed by atoms with Crippen molar-refractivity contribution in [3.63, 3.8) is 0 Å². The molecular formula is C14H10Br4N2O. The van der Waals surface area contributed by atoms with Crippen molar-refractivity contribution in [3.8, 4) is 0 Å². The fraction of sp³-hybridized carbons (Fsp3) is 0.143. The molecule has 0 aromatic heterocycles. The zero-order valence-electron chi connectivity index (χ0n) is 10.6. The molecule has 0 heterocycles. The van der Waals surface area contributed by atoms with Crippen LogP contribution >= 0.6 is 63.7 Å². The Bertz CT molecular complexity index is 638. The van der Waals surface area contributed by atoms with Crippen LogP contribution < -0.4 is 0 Å². The monoisotopic (exact) mass is 538 g/mol. The van der Waals surface area contributed by atoms with Crippen molar-refractivity contribution in [1.29, 1.82) is 0 Å². The molecule has 0 spiro atoms. The predicted octanol–water partition coefficient (Wildman–Crippen LogP) is 6.70. The van der Waals surface area contributed by atoms with Gasteiger partial charge in [0.15, 0.2) is 0 Å². The van der Waals surface area contributed by atoms with Crippen LogP contribution in [0.1, 0.15) is 10.4 Å². The summed E-state index contributed by atoms with van der Waals surface area (Å²) in [6, 6.07) is 13.5. The Kier molecular flexibility index (Phi) is 6.40. The summed E-state index contributed by atoms with van der Waals surface area (Å²) in [5, 5.41) is 16.3. The molecule has 0 aliphatic carbocycles. The smallest absolute Gasteiger partial charge is 0.272 e. The molecule has 21 heavy (non-hydrogen) atoms. The Hall–Kier alpha value is -0.240. The van der Waals surface area contributed by atoms with Gasteiger partial charge in [-0.2, -0.15) is 0 Å². The third kappa shape index (κ3) is 4.61. The molecule has 2 aromatic carbocycles. The number of halogens is 4. The van der Waals surface area contributed by atoms with E-state index in [0.717, 1.165) is 10.0 Å². The molecule has 0 radical (unpaired) electrons. The van der Waals surface area contributed by atoms with E-state index in [1.165, 1.54) is 0 Å². The lowest BCUT2D eigenvalue weighted by Gasteiger charge is -2.08. The third-order valence-electron chi connectivity index (χ3n) is 2.70. The normalized spacial score (nSPS) is 13.2. The van der Waals surface area contributed by atoms with Gasteiger partial charge in [-0.3, -0.25) is 0 Å². The molecule has 0 aliphatic heterocycles. The maximum atomic E-state index is 12.2. The van der Waals surface area contributed by atoms with E-state index >= 15 is 0 Å². The summed E-state index contributed by atoms with van der Waals surface area (Å²) < 4.78 is 2.22. The highest BCUT2D eigenvalue weighted by Gasteiger charge is 2.17. The van der Waals surface area contributed by atoms with Crippen molar-refractivity contribution in [2.75, 3.05) is 6.54 Å². The predicted molar refractivity (Wildman–Crippen MR) is 98.2 cm³/mol. The number of hydrogen-bond acceptors (Lipinski definition) is 2. The Morgan fingerprint density at radius 2 is 1.62 bits per heavy atom. The maximum absolute atomic E-state index is 12.2. The summed E-state index contributed by atoms with van der Waals surface area (Å²) in [6.07, 6.45) is 0. The van der Waals surface area contributed by atoms with Gasteiger partial charge in [0.05, 0.1) is 13.8 Å². The van der Waals surface area contributed by atoms with Crippen molar-refractivity contribution in [3.05, 3.63) is 66.7 Å². The summed E-state index contributed by atoms with van der Waals surface area (Å²) in [4.78, 5) is 0.640. The van der Waals surface area contributed by atoms with Crippen LogP contribution in [0.15, 0.2) is 61.0 Å². The van der Waals surface area contributed by atoms with Crippen LogP contribution in [0, 0.1) is 5.21 Å². The van der Waals surface area contributed by atoms with Gasteiger partial charge < -0.3 is 5.21 Å². The lowest BCUT2D eigenvalue weighted by molar-refractivity contribution is -0.443. The SMILES string of the molecule is [O-][N+](=NCC(Br)c1ccccc1)c1c(Br)cc(Br)cc1Br. The lowest BCUT2D eigenvalue weighted by atomic mass is 10.1. The molecule has 0 saturated heterocycles. The van der Waals surface area contributed by atoms with Gasteiger partial charge in [0.2, 0.25) is 0 Å². The zero-order valence-corrected chi connectivity index (χ0v) is 17.0. The number of azo groups is 1. The van der Waals surface area contributed by atoms with E-state index in [9.17, 15) is 5.21 Å². The van der Waals surface area contributed by atoms with Crippen LogP contribution in [0.5, 0.6) is 0 Å². The Morgan fingerprint density at radius 3 is 2.19 bits per heavy atom. The van der Waals surface area contributed by atoms with Gasteiger partial charge in [0, 0.05) is 4.47 Å². The summed E-state index contributed by atoms with van der Waals surface area (Å²) in [5.74, 6) is 0. The Morgan fingerprint density at radius 1 is 1.05 bits per heavy atom. The first-order valence-corrected chi connectivity index (χ1v) is 9.26. The minimum atomic E-state index is 0.00292. The number of alkyl halides is 1. The van der Waals surface area contributed by atoms with Crippen LogP contribution in [0.2, 0.25) is 0 Å². The first-order chi connectivity index (χ1) is 9.99. The minimum Gasteiger partial charge on any atom is -0.594 e. The van der Waals surface area contributed by atoms with Crippen molar-refractivity contribution < 1.29 is 4.86 Å². The molecule has 0 amide bonds. The van der Waals surface area contributed by atoms with E-state index in [4.69, 9.17) is 0 Å². The largest absolute Gasteiger partial charge is 0.594 e. The Balaban J connectivity index is 2.19. The average molecular weight is 542 g/mol. The van der Waals surface area contributed by atoms with Crippen molar-refractivity contribution in [1.82, 2.24) is 0 Å². The standard InChI is InChI=1S/C14H10Br4N2O/c15-10-6-11(16)14(12(17)7-10)20(21)19-8-13(18)9-4-2-1-3-5-9/h1-7,13H,8H2. The number of rotatable bonds is 4. The van der Waals surface area contributed by atoms with Gasteiger partial charge in [-0.05, 0) is 54.7 Å². The van der Waals surface area contributed by atoms with Gasteiger partial charge in [-0.1, -0.05) is 67.1 Å². The molecular weight excluding hydrogens is 532 g/mol. The molecule has 1 atom stereocenters. The van der Waals surface area contributed by atoms with Crippen molar-refractivity contribution >= 4 is 69.4 Å². The molecule has 0 fully saturated rings. The van der Waals surface area contributed by atoms with Crippen LogP contribution in [0.4, 0.5) is 5.69 Å². The van der Waals surface area contributed by atoms with Gasteiger partial charge in [-0.25, -0.2) is 0 Å². The average Bonchev–Trinajstić information content (AvgIpc) is 2.44. The first kappa shape index (κ1) is 17.1. The number of nitrogens with zero attached hydrogens (tertiary/aromatic N) is 2. The van der Waals surface area contributed by atoms with E-state index in [0.29, 0.717) is 26.0 Å². The molecule has 0 aliphatic rings. The zero-order chi connectivity index (χ0) is 15.4. The highest BCUT2D eigenvalue weighted by atomic mass is 79.9. The molecule has 2 rings (SSSR count). The van der Waals surface area contributed by atoms with Crippen molar-refractivity contribution in [2.24, 2.45) is 5.11 Å². The van der Waals surface area contributed by atoms with E-state index in [1.807, 2.05) is 42.5 Å². The molecule has 0 N–H and O–H groups in total. The molecule has 1 unspecified atom stereocenters. The molecule has 3 nitrogen and oxygen atoms in total. The van der Waals surface area contributed by atoms with Gasteiger partial charge in [0.25, 0.3) is 5.69 Å². The summed E-state index contributed by atoms with van der Waals surface area (Å²) in [5.41, 5.74) is 1.54. The van der Waals surface area contributed by atoms with Crippen LogP contribution in [-0.2, 0) is 0 Å². The molecule has 7 heteroatoms. The second kappa shape index (κ2) is 7.85. The number of hydrogen-bond donors (Lipinski definition) is 0. The molecule has 0 bridgehead atoms. The molecule has 2 aromatic rings. The van der Waals surface area contributed by atoms with Gasteiger partial charge in [0.1, 0.15) is 6.54 Å². The lowest BCUT2D eigenvalue weighted by Crippen LogP contribution is -2.00. The fourth-order valence-corrected chi connectivity index (χ4v) is 4.70. The fourth-order valence-electron chi connectivity index (χ4n) is 1.70. The van der Waals surface area contributed by atoms with E-state index in [-0.39, 0.29) is 4.83 Å². The Labute approximate surface area is 156 Å². The second-order valence-electron chi connectivity index (χ2n) is 4.19. The first-order valence-electron chi connectivity index (χ1n) is 5.97. The highest BCUT2D eigenvalue weighted by Crippen LogP contribution is 2.36.